The van der Waals surface area contributed by atoms with Crippen molar-refractivity contribution in [3.63, 3.8) is 0 Å². The summed E-state index contributed by atoms with van der Waals surface area (Å²) in [6, 6.07) is 4.17. The highest BCUT2D eigenvalue weighted by Gasteiger charge is 2.67. The van der Waals surface area contributed by atoms with E-state index in [1.807, 2.05) is 0 Å². The predicted octanol–water partition coefficient (Wildman–Crippen LogP) is 5.05. The van der Waals surface area contributed by atoms with Crippen LogP contribution in [0.2, 0.25) is 0 Å². The molecule has 1 heterocycles. The SMILES string of the molecule is Cc1ccc(CNC23CC4CC(C2)CC(C(F)(F)F)(C4)C3)s1. The van der Waals surface area contributed by atoms with Crippen LogP contribution >= 0.6 is 11.3 Å². The van der Waals surface area contributed by atoms with E-state index in [9.17, 15) is 13.2 Å². The maximum absolute atomic E-state index is 13.7. The number of rotatable bonds is 3. The van der Waals surface area contributed by atoms with E-state index >= 15 is 0 Å². The lowest BCUT2D eigenvalue weighted by molar-refractivity contribution is -0.278. The number of aryl methyl sites for hydroxylation is 1. The lowest BCUT2D eigenvalue weighted by Crippen LogP contribution is -2.65. The molecule has 0 saturated heterocycles. The van der Waals surface area contributed by atoms with Crippen LogP contribution in [0.25, 0.3) is 0 Å². The van der Waals surface area contributed by atoms with Gasteiger partial charge in [-0.2, -0.15) is 13.2 Å². The summed E-state index contributed by atoms with van der Waals surface area (Å²) in [5, 5.41) is 3.56. The van der Waals surface area contributed by atoms with Crippen LogP contribution in [0.5, 0.6) is 0 Å². The Morgan fingerprint density at radius 2 is 1.86 bits per heavy atom. The average molecular weight is 329 g/mol. The number of halogens is 3. The van der Waals surface area contributed by atoms with E-state index in [1.165, 1.54) is 9.75 Å². The lowest BCUT2D eigenvalue weighted by atomic mass is 9.46. The second kappa shape index (κ2) is 4.73. The second-order valence-corrected chi connectivity index (χ2v) is 9.26. The van der Waals surface area contributed by atoms with E-state index in [0.717, 1.165) is 19.3 Å². The predicted molar refractivity (Wildman–Crippen MR) is 81.8 cm³/mol. The molecule has 0 aliphatic heterocycles. The van der Waals surface area contributed by atoms with Crippen LogP contribution in [-0.2, 0) is 6.54 Å². The van der Waals surface area contributed by atoms with Crippen molar-refractivity contribution in [2.45, 2.75) is 63.7 Å². The third kappa shape index (κ3) is 2.32. The van der Waals surface area contributed by atoms with Gasteiger partial charge in [0.25, 0.3) is 0 Å². The first-order valence-corrected chi connectivity index (χ1v) is 8.98. The summed E-state index contributed by atoms with van der Waals surface area (Å²) in [6.45, 7) is 2.78. The molecule has 0 spiro atoms. The number of thiophene rings is 1. The average Bonchev–Trinajstić information content (AvgIpc) is 2.80. The van der Waals surface area contributed by atoms with Gasteiger partial charge in [-0.05, 0) is 69.4 Å². The molecule has 4 saturated carbocycles. The zero-order valence-electron chi connectivity index (χ0n) is 12.8. The maximum Gasteiger partial charge on any atom is 0.394 e. The number of alkyl halides is 3. The smallest absolute Gasteiger partial charge is 0.306 e. The molecule has 122 valence electrons. The Balaban J connectivity index is 1.56. The van der Waals surface area contributed by atoms with Gasteiger partial charge in [-0.25, -0.2) is 0 Å². The highest BCUT2D eigenvalue weighted by molar-refractivity contribution is 7.11. The van der Waals surface area contributed by atoms with E-state index in [1.54, 1.807) is 11.3 Å². The second-order valence-electron chi connectivity index (χ2n) is 7.89. The van der Waals surface area contributed by atoms with Gasteiger partial charge in [0.05, 0.1) is 5.41 Å². The van der Waals surface area contributed by atoms with Crippen LogP contribution in [-0.4, -0.2) is 11.7 Å². The van der Waals surface area contributed by atoms with Crippen LogP contribution in [0.15, 0.2) is 12.1 Å². The molecule has 4 aliphatic carbocycles. The third-order valence-corrected chi connectivity index (χ3v) is 7.10. The van der Waals surface area contributed by atoms with Gasteiger partial charge in [0.15, 0.2) is 0 Å². The summed E-state index contributed by atoms with van der Waals surface area (Å²) in [5.41, 5.74) is -1.69. The molecule has 5 heteroatoms. The summed E-state index contributed by atoms with van der Waals surface area (Å²) in [6.07, 6.45) is -0.127. The summed E-state index contributed by atoms with van der Waals surface area (Å²) in [7, 11) is 0. The van der Waals surface area contributed by atoms with Gasteiger partial charge in [0.1, 0.15) is 0 Å². The Bertz CT molecular complexity index is 563. The minimum absolute atomic E-state index is 0.264. The molecule has 0 radical (unpaired) electrons. The Hall–Kier alpha value is -0.550. The highest BCUT2D eigenvalue weighted by atomic mass is 32.1. The van der Waals surface area contributed by atoms with Crippen molar-refractivity contribution in [1.29, 1.82) is 0 Å². The molecule has 2 unspecified atom stereocenters. The first kappa shape index (κ1) is 15.0. The van der Waals surface area contributed by atoms with E-state index < -0.39 is 11.6 Å². The van der Waals surface area contributed by atoms with E-state index in [2.05, 4.69) is 24.4 Å². The molecule has 4 aliphatic rings. The van der Waals surface area contributed by atoms with E-state index in [-0.39, 0.29) is 17.4 Å². The third-order valence-electron chi connectivity index (χ3n) is 6.10. The first-order chi connectivity index (χ1) is 10.3. The minimum Gasteiger partial charge on any atom is -0.306 e. The van der Waals surface area contributed by atoms with Crippen LogP contribution < -0.4 is 5.32 Å². The first-order valence-electron chi connectivity index (χ1n) is 8.16. The van der Waals surface area contributed by atoms with Crippen LogP contribution in [0.4, 0.5) is 13.2 Å². The normalized spacial score (nSPS) is 40.4. The van der Waals surface area contributed by atoms with Gasteiger partial charge < -0.3 is 5.32 Å². The van der Waals surface area contributed by atoms with Gasteiger partial charge in [-0.15, -0.1) is 11.3 Å². The molecule has 0 amide bonds. The molecule has 1 N–H and O–H groups in total. The van der Waals surface area contributed by atoms with Gasteiger partial charge in [-0.3, -0.25) is 0 Å². The fraction of sp³-hybridized carbons (Fsp3) is 0.765. The Morgan fingerprint density at radius 3 is 2.41 bits per heavy atom. The number of hydrogen-bond donors (Lipinski definition) is 1. The highest BCUT2D eigenvalue weighted by Crippen LogP contribution is 2.66. The number of hydrogen-bond acceptors (Lipinski definition) is 2. The molecular weight excluding hydrogens is 307 g/mol. The Morgan fingerprint density at radius 1 is 1.18 bits per heavy atom. The molecule has 22 heavy (non-hydrogen) atoms. The molecule has 1 aromatic rings. The summed E-state index contributed by atoms with van der Waals surface area (Å²) < 4.78 is 41.1. The summed E-state index contributed by atoms with van der Waals surface area (Å²) in [5.74, 6) is 0.529. The molecule has 1 nitrogen and oxygen atoms in total. The van der Waals surface area contributed by atoms with Gasteiger partial charge >= 0.3 is 6.18 Å². The van der Waals surface area contributed by atoms with Crippen molar-refractivity contribution in [2.75, 3.05) is 0 Å². The summed E-state index contributed by atoms with van der Waals surface area (Å²) >= 11 is 1.74. The van der Waals surface area contributed by atoms with Crippen molar-refractivity contribution < 1.29 is 13.2 Å². The molecule has 0 aromatic carbocycles. The minimum atomic E-state index is -4.04. The van der Waals surface area contributed by atoms with E-state index in [4.69, 9.17) is 0 Å². The molecule has 5 rings (SSSR count). The molecule has 1 aromatic heterocycles. The standard InChI is InChI=1S/C17H22F3NS/c1-11-2-3-14(22-11)9-21-16-7-12-4-13(8-16)6-15(5-12,10-16)17(18,19)20/h2-3,12-13,21H,4-10H2,1H3. The molecule has 4 bridgehead atoms. The zero-order chi connectivity index (χ0) is 15.6. The monoisotopic (exact) mass is 329 g/mol. The fourth-order valence-corrected chi connectivity index (χ4v) is 6.49. The van der Waals surface area contributed by atoms with Crippen molar-refractivity contribution in [3.8, 4) is 0 Å². The largest absolute Gasteiger partial charge is 0.394 e. The van der Waals surface area contributed by atoms with E-state index in [0.29, 0.717) is 25.8 Å². The van der Waals surface area contributed by atoms with Crippen LogP contribution in [0, 0.1) is 24.2 Å². The Labute approximate surface area is 133 Å². The van der Waals surface area contributed by atoms with Crippen molar-refractivity contribution in [3.05, 3.63) is 21.9 Å². The molecular formula is C17H22F3NS. The van der Waals surface area contributed by atoms with Gasteiger partial charge in [0.2, 0.25) is 0 Å². The van der Waals surface area contributed by atoms with Gasteiger partial charge in [0, 0.05) is 21.8 Å². The quantitative estimate of drug-likeness (QED) is 0.818. The topological polar surface area (TPSA) is 12.0 Å². The van der Waals surface area contributed by atoms with Crippen LogP contribution in [0.1, 0.15) is 48.3 Å². The Kier molecular flexibility index (Phi) is 3.22. The number of nitrogens with one attached hydrogen (secondary N) is 1. The van der Waals surface area contributed by atoms with Crippen molar-refractivity contribution in [2.24, 2.45) is 17.3 Å². The van der Waals surface area contributed by atoms with Crippen LogP contribution in [0.3, 0.4) is 0 Å². The molecule has 4 fully saturated rings. The summed E-state index contributed by atoms with van der Waals surface area (Å²) in [4.78, 5) is 2.49. The zero-order valence-corrected chi connectivity index (χ0v) is 13.6. The fourth-order valence-electron chi connectivity index (χ4n) is 5.66. The van der Waals surface area contributed by atoms with Crippen molar-refractivity contribution in [1.82, 2.24) is 5.32 Å². The molecule has 2 atom stereocenters. The lowest BCUT2D eigenvalue weighted by Gasteiger charge is -2.62. The van der Waals surface area contributed by atoms with Gasteiger partial charge in [-0.1, -0.05) is 0 Å². The maximum atomic E-state index is 13.7. The van der Waals surface area contributed by atoms with Crippen molar-refractivity contribution >= 4 is 11.3 Å².